The van der Waals surface area contributed by atoms with E-state index < -0.39 is 0 Å². The van der Waals surface area contributed by atoms with Crippen molar-refractivity contribution in [2.75, 3.05) is 33.2 Å². The molecular weight excluding hydrogens is 160 g/mol. The molecule has 78 valence electrons. The molecule has 1 aliphatic heterocycles. The van der Waals surface area contributed by atoms with E-state index >= 15 is 0 Å². The molecule has 1 N–H and O–H groups in total. The third kappa shape index (κ3) is 4.63. The quantitative estimate of drug-likeness (QED) is 0.654. The van der Waals surface area contributed by atoms with Gasteiger partial charge in [0, 0.05) is 0 Å². The van der Waals surface area contributed by atoms with E-state index in [-0.39, 0.29) is 0 Å². The molecule has 1 saturated heterocycles. The second-order valence-electron chi connectivity index (χ2n) is 4.33. The molecule has 0 aliphatic carbocycles. The van der Waals surface area contributed by atoms with Gasteiger partial charge in [-0.05, 0) is 64.8 Å². The number of hydrogen-bond acceptors (Lipinski definition) is 2. The largest absolute Gasteiger partial charge is 0.320 e. The predicted octanol–water partition coefficient (Wildman–Crippen LogP) is 1.72. The Bertz CT molecular complexity index is 117. The number of unbranched alkanes of at least 4 members (excludes halogenated alkanes) is 1. The van der Waals surface area contributed by atoms with E-state index in [4.69, 9.17) is 0 Å². The summed E-state index contributed by atoms with van der Waals surface area (Å²) in [5, 5.41) is 3.19. The number of rotatable bonds is 5. The van der Waals surface area contributed by atoms with Crippen LogP contribution in [0.3, 0.4) is 0 Å². The molecule has 0 aromatic heterocycles. The lowest BCUT2D eigenvalue weighted by Crippen LogP contribution is -2.33. The maximum absolute atomic E-state index is 3.19. The third-order valence-corrected chi connectivity index (χ3v) is 3.03. The van der Waals surface area contributed by atoms with Gasteiger partial charge in [0.1, 0.15) is 0 Å². The van der Waals surface area contributed by atoms with Gasteiger partial charge in [0.05, 0.1) is 0 Å². The average Bonchev–Trinajstić information content (AvgIpc) is 2.15. The van der Waals surface area contributed by atoms with Crippen LogP contribution in [-0.4, -0.2) is 38.1 Å². The first-order valence-electron chi connectivity index (χ1n) is 5.70. The van der Waals surface area contributed by atoms with Gasteiger partial charge in [0.15, 0.2) is 0 Å². The number of likely N-dealkylation sites (tertiary alicyclic amines) is 1. The van der Waals surface area contributed by atoms with Crippen molar-refractivity contribution in [2.24, 2.45) is 5.92 Å². The molecule has 1 fully saturated rings. The highest BCUT2D eigenvalue weighted by molar-refractivity contribution is 4.69. The Labute approximate surface area is 82.7 Å². The summed E-state index contributed by atoms with van der Waals surface area (Å²) >= 11 is 0. The monoisotopic (exact) mass is 184 g/mol. The molecule has 0 spiro atoms. The molecular formula is C11H24N2. The van der Waals surface area contributed by atoms with Crippen LogP contribution in [0.1, 0.15) is 32.6 Å². The molecule has 0 unspecified atom stereocenters. The zero-order valence-electron chi connectivity index (χ0n) is 9.18. The third-order valence-electron chi connectivity index (χ3n) is 3.03. The molecule has 1 heterocycles. The number of nitrogens with zero attached hydrogens (tertiary/aromatic N) is 1. The van der Waals surface area contributed by atoms with Gasteiger partial charge in [0.25, 0.3) is 0 Å². The zero-order chi connectivity index (χ0) is 9.52. The Morgan fingerprint density at radius 3 is 2.54 bits per heavy atom. The maximum Gasteiger partial charge on any atom is -0.00162 e. The van der Waals surface area contributed by atoms with Gasteiger partial charge in [-0.1, -0.05) is 6.92 Å². The van der Waals surface area contributed by atoms with Crippen molar-refractivity contribution in [2.45, 2.75) is 32.6 Å². The summed E-state index contributed by atoms with van der Waals surface area (Å²) in [6, 6.07) is 0. The summed E-state index contributed by atoms with van der Waals surface area (Å²) in [4.78, 5) is 2.62. The molecule has 2 heteroatoms. The Hall–Kier alpha value is -0.0800. The Balaban J connectivity index is 1.96. The highest BCUT2D eigenvalue weighted by atomic mass is 15.1. The minimum absolute atomic E-state index is 0.966. The van der Waals surface area contributed by atoms with E-state index in [1.165, 1.54) is 51.9 Å². The second kappa shape index (κ2) is 6.39. The molecule has 0 radical (unpaired) electrons. The van der Waals surface area contributed by atoms with Crippen LogP contribution < -0.4 is 5.32 Å². The predicted molar refractivity (Wildman–Crippen MR) is 58.0 cm³/mol. The molecule has 0 aromatic carbocycles. The summed E-state index contributed by atoms with van der Waals surface area (Å²) in [7, 11) is 2.03. The van der Waals surface area contributed by atoms with Crippen LogP contribution in [0.15, 0.2) is 0 Å². The van der Waals surface area contributed by atoms with Crippen molar-refractivity contribution >= 4 is 0 Å². The van der Waals surface area contributed by atoms with Crippen LogP contribution in [0.25, 0.3) is 0 Å². The van der Waals surface area contributed by atoms with Crippen molar-refractivity contribution in [3.8, 4) is 0 Å². The highest BCUT2D eigenvalue weighted by Crippen LogP contribution is 2.15. The van der Waals surface area contributed by atoms with Crippen molar-refractivity contribution in [1.29, 1.82) is 0 Å². The molecule has 0 saturated carbocycles. The van der Waals surface area contributed by atoms with Crippen LogP contribution in [0.2, 0.25) is 0 Å². The van der Waals surface area contributed by atoms with Crippen LogP contribution in [0.5, 0.6) is 0 Å². The SMILES string of the molecule is CNCCCCN1CCC(C)CC1. The first-order chi connectivity index (χ1) is 6.33. The molecule has 0 amide bonds. The van der Waals surface area contributed by atoms with Crippen molar-refractivity contribution in [3.63, 3.8) is 0 Å². The molecule has 13 heavy (non-hydrogen) atoms. The highest BCUT2D eigenvalue weighted by Gasteiger charge is 2.14. The lowest BCUT2D eigenvalue weighted by atomic mass is 9.99. The lowest BCUT2D eigenvalue weighted by molar-refractivity contribution is 0.189. The summed E-state index contributed by atoms with van der Waals surface area (Å²) < 4.78 is 0. The van der Waals surface area contributed by atoms with Gasteiger partial charge >= 0.3 is 0 Å². The fraction of sp³-hybridized carbons (Fsp3) is 1.00. The van der Waals surface area contributed by atoms with E-state index in [1.807, 2.05) is 7.05 Å². The minimum Gasteiger partial charge on any atom is -0.320 e. The van der Waals surface area contributed by atoms with Crippen LogP contribution in [0, 0.1) is 5.92 Å². The van der Waals surface area contributed by atoms with Crippen molar-refractivity contribution < 1.29 is 0 Å². The first kappa shape index (κ1) is 11.0. The molecule has 0 aromatic rings. The van der Waals surface area contributed by atoms with Crippen LogP contribution in [-0.2, 0) is 0 Å². The Morgan fingerprint density at radius 1 is 1.23 bits per heavy atom. The number of nitrogens with one attached hydrogen (secondary N) is 1. The van der Waals surface area contributed by atoms with Crippen LogP contribution in [0.4, 0.5) is 0 Å². The number of piperidine rings is 1. The van der Waals surface area contributed by atoms with Gasteiger partial charge in [-0.25, -0.2) is 0 Å². The smallest absolute Gasteiger partial charge is 0.00162 e. The molecule has 2 nitrogen and oxygen atoms in total. The average molecular weight is 184 g/mol. The Morgan fingerprint density at radius 2 is 1.92 bits per heavy atom. The molecule has 1 aliphatic rings. The van der Waals surface area contributed by atoms with E-state index in [0.717, 1.165) is 5.92 Å². The van der Waals surface area contributed by atoms with E-state index in [1.54, 1.807) is 0 Å². The topological polar surface area (TPSA) is 15.3 Å². The van der Waals surface area contributed by atoms with Gasteiger partial charge in [-0.3, -0.25) is 0 Å². The van der Waals surface area contributed by atoms with E-state index in [9.17, 15) is 0 Å². The summed E-state index contributed by atoms with van der Waals surface area (Å²) in [6.45, 7) is 7.53. The summed E-state index contributed by atoms with van der Waals surface area (Å²) in [5.74, 6) is 0.966. The number of hydrogen-bond donors (Lipinski definition) is 1. The molecule has 0 atom stereocenters. The van der Waals surface area contributed by atoms with Crippen molar-refractivity contribution in [1.82, 2.24) is 10.2 Å². The standard InChI is InChI=1S/C11H24N2/c1-11-5-9-13(10-6-11)8-4-3-7-12-2/h11-12H,3-10H2,1-2H3. The van der Waals surface area contributed by atoms with E-state index in [2.05, 4.69) is 17.1 Å². The van der Waals surface area contributed by atoms with Crippen LogP contribution >= 0.6 is 0 Å². The fourth-order valence-corrected chi connectivity index (χ4v) is 1.92. The first-order valence-corrected chi connectivity index (χ1v) is 5.70. The van der Waals surface area contributed by atoms with Gasteiger partial charge in [-0.15, -0.1) is 0 Å². The lowest BCUT2D eigenvalue weighted by Gasteiger charge is -2.30. The van der Waals surface area contributed by atoms with Gasteiger partial charge in [0.2, 0.25) is 0 Å². The normalized spacial score (nSPS) is 20.8. The van der Waals surface area contributed by atoms with Gasteiger partial charge in [-0.2, -0.15) is 0 Å². The Kier molecular flexibility index (Phi) is 5.40. The zero-order valence-corrected chi connectivity index (χ0v) is 9.18. The summed E-state index contributed by atoms with van der Waals surface area (Å²) in [5.41, 5.74) is 0. The van der Waals surface area contributed by atoms with Crippen molar-refractivity contribution in [3.05, 3.63) is 0 Å². The van der Waals surface area contributed by atoms with E-state index in [0.29, 0.717) is 0 Å². The molecule has 0 bridgehead atoms. The van der Waals surface area contributed by atoms with Gasteiger partial charge < -0.3 is 10.2 Å². The summed E-state index contributed by atoms with van der Waals surface area (Å²) in [6.07, 6.45) is 5.50. The fourth-order valence-electron chi connectivity index (χ4n) is 1.92. The minimum atomic E-state index is 0.966. The second-order valence-corrected chi connectivity index (χ2v) is 4.33. The maximum atomic E-state index is 3.19. The molecule has 1 rings (SSSR count).